The highest BCUT2D eigenvalue weighted by Gasteiger charge is 2.20. The van der Waals surface area contributed by atoms with Crippen molar-refractivity contribution in [1.82, 2.24) is 19.9 Å². The van der Waals surface area contributed by atoms with Gasteiger partial charge in [0.25, 0.3) is 0 Å². The molecular formula is C43H28N4O. The maximum absolute atomic E-state index is 6.15. The molecule has 0 spiro atoms. The number of nitrogens with zero attached hydrogens (tertiary/aromatic N) is 4. The molecule has 0 fully saturated rings. The summed E-state index contributed by atoms with van der Waals surface area (Å²) in [5.74, 6) is 2.37. The number of hydrogen-bond acceptors (Lipinski definition) is 5. The zero-order valence-electron chi connectivity index (χ0n) is 26.2. The SMILES string of the molecule is C=Cc1oc2cncc(-c3nc(-c4ccc5ccccc5c4)nc(-c4ccc5c(ccc6ccc7ccccc7c65)c4)n3)c2c1/C=C\C. The van der Waals surface area contributed by atoms with E-state index in [2.05, 4.69) is 109 Å². The van der Waals surface area contributed by atoms with Crippen molar-refractivity contribution < 1.29 is 4.42 Å². The molecule has 9 rings (SSSR count). The number of furan rings is 1. The van der Waals surface area contributed by atoms with Crippen molar-refractivity contribution in [2.24, 2.45) is 0 Å². The molecule has 3 aromatic heterocycles. The van der Waals surface area contributed by atoms with Gasteiger partial charge in [-0.1, -0.05) is 116 Å². The van der Waals surface area contributed by atoms with E-state index in [1.807, 2.05) is 31.2 Å². The summed E-state index contributed by atoms with van der Waals surface area (Å²) < 4.78 is 6.15. The summed E-state index contributed by atoms with van der Waals surface area (Å²) in [7, 11) is 0. The molecule has 0 aliphatic rings. The van der Waals surface area contributed by atoms with E-state index in [1.165, 1.54) is 26.9 Å². The van der Waals surface area contributed by atoms with Crippen molar-refractivity contribution in [2.75, 3.05) is 0 Å². The van der Waals surface area contributed by atoms with Gasteiger partial charge in [0.15, 0.2) is 23.1 Å². The van der Waals surface area contributed by atoms with Crippen molar-refractivity contribution in [3.05, 3.63) is 146 Å². The molecule has 0 radical (unpaired) electrons. The fraction of sp³-hybridized carbons (Fsp3) is 0.0233. The van der Waals surface area contributed by atoms with Gasteiger partial charge in [-0.2, -0.15) is 0 Å². The first-order valence-corrected chi connectivity index (χ1v) is 15.9. The Morgan fingerprint density at radius 1 is 0.583 bits per heavy atom. The number of fused-ring (bicyclic) bond motifs is 7. The number of hydrogen-bond donors (Lipinski definition) is 0. The lowest BCUT2D eigenvalue weighted by Gasteiger charge is -2.12. The Balaban J connectivity index is 1.30. The van der Waals surface area contributed by atoms with E-state index < -0.39 is 0 Å². The van der Waals surface area contributed by atoms with Crippen LogP contribution in [-0.4, -0.2) is 19.9 Å². The molecule has 0 amide bonds. The lowest BCUT2D eigenvalue weighted by Crippen LogP contribution is -2.01. The van der Waals surface area contributed by atoms with Gasteiger partial charge in [-0.25, -0.2) is 15.0 Å². The van der Waals surface area contributed by atoms with Crippen molar-refractivity contribution in [2.45, 2.75) is 6.92 Å². The van der Waals surface area contributed by atoms with Crippen LogP contribution in [0.15, 0.2) is 139 Å². The number of rotatable bonds is 5. The molecule has 6 aromatic carbocycles. The van der Waals surface area contributed by atoms with Crippen molar-refractivity contribution >= 4 is 66.2 Å². The minimum absolute atomic E-state index is 0.521. The van der Waals surface area contributed by atoms with Gasteiger partial charge in [-0.3, -0.25) is 4.98 Å². The molecule has 0 aliphatic carbocycles. The Morgan fingerprint density at radius 2 is 1.21 bits per heavy atom. The van der Waals surface area contributed by atoms with Gasteiger partial charge in [0.05, 0.1) is 6.20 Å². The molecule has 0 N–H and O–H groups in total. The van der Waals surface area contributed by atoms with E-state index in [-0.39, 0.29) is 0 Å². The lowest BCUT2D eigenvalue weighted by molar-refractivity contribution is 0.602. The van der Waals surface area contributed by atoms with E-state index in [1.54, 1.807) is 18.5 Å². The maximum Gasteiger partial charge on any atom is 0.166 e. The molecule has 0 saturated carbocycles. The molecule has 3 heterocycles. The van der Waals surface area contributed by atoms with E-state index in [0.29, 0.717) is 28.8 Å². The van der Waals surface area contributed by atoms with Crippen LogP contribution in [0, 0.1) is 0 Å². The standard InChI is InChI=1S/C43H28N4O/c1-3-9-35-37(4-2)48-38-25-44-24-36(40(35)38)43-46-41(31-19-14-26-10-5-6-12-29(26)22-31)45-42(47-43)32-20-21-34-30(23-32)18-17-28-16-15-27-11-7-8-13-33(27)39(28)34/h3-25H,2H2,1H3/b9-3-. The molecule has 5 nitrogen and oxygen atoms in total. The van der Waals surface area contributed by atoms with Gasteiger partial charge in [0.2, 0.25) is 0 Å². The normalized spacial score (nSPS) is 11.9. The van der Waals surface area contributed by atoms with E-state index in [9.17, 15) is 0 Å². The van der Waals surface area contributed by atoms with Gasteiger partial charge in [0, 0.05) is 33.8 Å². The zero-order valence-corrected chi connectivity index (χ0v) is 26.2. The lowest BCUT2D eigenvalue weighted by atomic mass is 9.95. The highest BCUT2D eigenvalue weighted by atomic mass is 16.3. The molecule has 5 heteroatoms. The van der Waals surface area contributed by atoms with Crippen LogP contribution in [0.3, 0.4) is 0 Å². The van der Waals surface area contributed by atoms with Gasteiger partial charge in [-0.15, -0.1) is 0 Å². The quantitative estimate of drug-likeness (QED) is 0.180. The highest BCUT2D eigenvalue weighted by molar-refractivity contribution is 6.20. The topological polar surface area (TPSA) is 64.7 Å². The Kier molecular flexibility index (Phi) is 6.44. The minimum Gasteiger partial charge on any atom is -0.454 e. The Labute approximate surface area is 276 Å². The van der Waals surface area contributed by atoms with Gasteiger partial charge >= 0.3 is 0 Å². The molecule has 48 heavy (non-hydrogen) atoms. The summed E-state index contributed by atoms with van der Waals surface area (Å²) in [6.07, 6.45) is 9.26. The number of pyridine rings is 1. The molecule has 0 unspecified atom stereocenters. The smallest absolute Gasteiger partial charge is 0.166 e. The molecule has 0 saturated heterocycles. The van der Waals surface area contributed by atoms with Crippen LogP contribution >= 0.6 is 0 Å². The first kappa shape index (κ1) is 27.8. The second-order valence-electron chi connectivity index (χ2n) is 11.9. The van der Waals surface area contributed by atoms with Gasteiger partial charge in [0.1, 0.15) is 5.76 Å². The van der Waals surface area contributed by atoms with Crippen LogP contribution < -0.4 is 0 Å². The van der Waals surface area contributed by atoms with E-state index in [4.69, 9.17) is 19.4 Å². The molecule has 9 aromatic rings. The zero-order chi connectivity index (χ0) is 32.2. The highest BCUT2D eigenvalue weighted by Crippen LogP contribution is 2.37. The molecule has 0 aliphatic heterocycles. The Bertz CT molecular complexity index is 2770. The summed E-state index contributed by atoms with van der Waals surface area (Å²) in [6, 6.07) is 38.4. The number of allylic oxidation sites excluding steroid dienone is 1. The largest absolute Gasteiger partial charge is 0.454 e. The summed E-state index contributed by atoms with van der Waals surface area (Å²) in [5, 5.41) is 10.4. The minimum atomic E-state index is 0.521. The Morgan fingerprint density at radius 3 is 2.00 bits per heavy atom. The first-order chi connectivity index (χ1) is 23.7. The third kappa shape index (κ3) is 4.48. The third-order valence-electron chi connectivity index (χ3n) is 9.05. The third-order valence-corrected chi connectivity index (χ3v) is 9.05. The molecule has 0 bridgehead atoms. The number of aromatic nitrogens is 4. The second kappa shape index (κ2) is 11.1. The van der Waals surface area contributed by atoms with Crippen LogP contribution in [0.5, 0.6) is 0 Å². The predicted molar refractivity (Wildman–Crippen MR) is 199 cm³/mol. The molecular weight excluding hydrogens is 589 g/mol. The van der Waals surface area contributed by atoms with Crippen molar-refractivity contribution in [3.63, 3.8) is 0 Å². The summed E-state index contributed by atoms with van der Waals surface area (Å²) in [6.45, 7) is 5.96. The number of benzene rings is 6. The fourth-order valence-corrected chi connectivity index (χ4v) is 6.80. The van der Waals surface area contributed by atoms with Crippen LogP contribution in [0.1, 0.15) is 18.2 Å². The van der Waals surface area contributed by atoms with Crippen molar-refractivity contribution in [3.8, 4) is 34.2 Å². The summed E-state index contributed by atoms with van der Waals surface area (Å²) in [4.78, 5) is 19.8. The fourth-order valence-electron chi connectivity index (χ4n) is 6.80. The van der Waals surface area contributed by atoms with Crippen LogP contribution in [0.4, 0.5) is 0 Å². The van der Waals surface area contributed by atoms with Crippen LogP contribution in [0.2, 0.25) is 0 Å². The maximum atomic E-state index is 6.15. The summed E-state index contributed by atoms with van der Waals surface area (Å²) >= 11 is 0. The van der Waals surface area contributed by atoms with Crippen LogP contribution in [-0.2, 0) is 0 Å². The second-order valence-corrected chi connectivity index (χ2v) is 11.9. The molecule has 226 valence electrons. The average Bonchev–Trinajstić information content (AvgIpc) is 3.51. The summed E-state index contributed by atoms with van der Waals surface area (Å²) in [5.41, 5.74) is 4.14. The average molecular weight is 617 g/mol. The first-order valence-electron chi connectivity index (χ1n) is 15.9. The van der Waals surface area contributed by atoms with Gasteiger partial charge < -0.3 is 4.42 Å². The van der Waals surface area contributed by atoms with E-state index >= 15 is 0 Å². The monoisotopic (exact) mass is 616 g/mol. The Hall–Kier alpha value is -6.46. The predicted octanol–water partition coefficient (Wildman–Crippen LogP) is 11.3. The molecule has 0 atom stereocenters. The van der Waals surface area contributed by atoms with E-state index in [0.717, 1.165) is 43.8 Å². The van der Waals surface area contributed by atoms with Crippen molar-refractivity contribution in [1.29, 1.82) is 0 Å². The van der Waals surface area contributed by atoms with Crippen LogP contribution in [0.25, 0.3) is 100 Å². The van der Waals surface area contributed by atoms with Gasteiger partial charge in [-0.05, 0) is 68.2 Å².